The number of nitrogens with zero attached hydrogens (tertiary/aromatic N) is 1. The van der Waals surface area contributed by atoms with Crippen molar-refractivity contribution < 1.29 is 9.90 Å². The standard InChI is InChI=1S/C13H17NO3/c1-9-3-2-4-11(7-9)14-8-10(13(16)17)5-6-12(14)15/h5-6,8-9,11H,2-4,7H2,1H3,(H,16,17)/t9-,11+/m0/s1. The molecule has 92 valence electrons. The summed E-state index contributed by atoms with van der Waals surface area (Å²) in [4.78, 5) is 22.7. The van der Waals surface area contributed by atoms with Gasteiger partial charge in [-0.15, -0.1) is 0 Å². The molecule has 0 amide bonds. The molecule has 0 saturated heterocycles. The lowest BCUT2D eigenvalue weighted by Crippen LogP contribution is -2.28. The number of rotatable bonds is 2. The van der Waals surface area contributed by atoms with Gasteiger partial charge in [0.25, 0.3) is 5.56 Å². The van der Waals surface area contributed by atoms with Gasteiger partial charge in [-0.1, -0.05) is 19.8 Å². The van der Waals surface area contributed by atoms with Crippen molar-refractivity contribution in [2.75, 3.05) is 0 Å². The molecule has 1 saturated carbocycles. The summed E-state index contributed by atoms with van der Waals surface area (Å²) >= 11 is 0. The van der Waals surface area contributed by atoms with E-state index in [1.54, 1.807) is 4.57 Å². The molecule has 0 aromatic carbocycles. The average molecular weight is 235 g/mol. The van der Waals surface area contributed by atoms with E-state index in [4.69, 9.17) is 5.11 Å². The van der Waals surface area contributed by atoms with Gasteiger partial charge in [-0.3, -0.25) is 4.79 Å². The molecular formula is C13H17NO3. The molecule has 1 N–H and O–H groups in total. The van der Waals surface area contributed by atoms with Crippen LogP contribution in [0, 0.1) is 5.92 Å². The van der Waals surface area contributed by atoms with Gasteiger partial charge in [0.05, 0.1) is 5.56 Å². The lowest BCUT2D eigenvalue weighted by molar-refractivity contribution is 0.0695. The minimum Gasteiger partial charge on any atom is -0.478 e. The maximum Gasteiger partial charge on any atom is 0.337 e. The molecule has 0 aliphatic heterocycles. The van der Waals surface area contributed by atoms with Crippen molar-refractivity contribution >= 4 is 5.97 Å². The van der Waals surface area contributed by atoms with Crippen LogP contribution in [-0.4, -0.2) is 15.6 Å². The van der Waals surface area contributed by atoms with Crippen molar-refractivity contribution in [2.24, 2.45) is 5.92 Å². The van der Waals surface area contributed by atoms with Crippen molar-refractivity contribution in [2.45, 2.75) is 38.6 Å². The second-order valence-electron chi connectivity index (χ2n) is 4.89. The third-order valence-electron chi connectivity index (χ3n) is 3.49. The normalized spacial score (nSPS) is 24.5. The molecule has 1 aliphatic carbocycles. The van der Waals surface area contributed by atoms with Crippen LogP contribution in [0.15, 0.2) is 23.1 Å². The van der Waals surface area contributed by atoms with Crippen molar-refractivity contribution in [3.05, 3.63) is 34.2 Å². The largest absolute Gasteiger partial charge is 0.478 e. The lowest BCUT2D eigenvalue weighted by Gasteiger charge is -2.28. The quantitative estimate of drug-likeness (QED) is 0.855. The minimum absolute atomic E-state index is 0.103. The van der Waals surface area contributed by atoms with E-state index in [-0.39, 0.29) is 17.2 Å². The number of carboxylic acid groups (broad SMARTS) is 1. The molecular weight excluding hydrogens is 218 g/mol. The number of hydrogen-bond acceptors (Lipinski definition) is 2. The van der Waals surface area contributed by atoms with Crippen LogP contribution in [-0.2, 0) is 0 Å². The first-order valence-corrected chi connectivity index (χ1v) is 6.03. The summed E-state index contributed by atoms with van der Waals surface area (Å²) < 4.78 is 1.60. The van der Waals surface area contributed by atoms with E-state index in [1.165, 1.54) is 24.8 Å². The first-order chi connectivity index (χ1) is 8.08. The van der Waals surface area contributed by atoms with Gasteiger partial charge in [0.15, 0.2) is 0 Å². The third-order valence-corrected chi connectivity index (χ3v) is 3.49. The fourth-order valence-electron chi connectivity index (χ4n) is 2.57. The monoisotopic (exact) mass is 235 g/mol. The van der Waals surface area contributed by atoms with E-state index in [0.29, 0.717) is 5.92 Å². The van der Waals surface area contributed by atoms with Crippen LogP contribution in [0.4, 0.5) is 0 Å². The lowest BCUT2D eigenvalue weighted by atomic mass is 9.87. The van der Waals surface area contributed by atoms with Gasteiger partial charge in [-0.05, 0) is 24.8 Å². The van der Waals surface area contributed by atoms with Crippen molar-refractivity contribution in [1.82, 2.24) is 4.57 Å². The number of aromatic carboxylic acids is 1. The van der Waals surface area contributed by atoms with Crippen LogP contribution in [0.5, 0.6) is 0 Å². The first-order valence-electron chi connectivity index (χ1n) is 6.03. The van der Waals surface area contributed by atoms with Crippen LogP contribution in [0.3, 0.4) is 0 Å². The van der Waals surface area contributed by atoms with E-state index >= 15 is 0 Å². The number of hydrogen-bond donors (Lipinski definition) is 1. The minimum atomic E-state index is -0.984. The molecule has 0 bridgehead atoms. The SMILES string of the molecule is C[C@H]1CCC[C@@H](n2cc(C(=O)O)ccc2=O)C1. The molecule has 4 nitrogen and oxygen atoms in total. The molecule has 2 rings (SSSR count). The Morgan fingerprint density at radius 3 is 2.82 bits per heavy atom. The Morgan fingerprint density at radius 1 is 1.41 bits per heavy atom. The van der Waals surface area contributed by atoms with Gasteiger partial charge in [0, 0.05) is 18.3 Å². The zero-order chi connectivity index (χ0) is 12.4. The highest BCUT2D eigenvalue weighted by atomic mass is 16.4. The van der Waals surface area contributed by atoms with Crippen LogP contribution in [0.2, 0.25) is 0 Å². The fourth-order valence-corrected chi connectivity index (χ4v) is 2.57. The van der Waals surface area contributed by atoms with E-state index in [9.17, 15) is 9.59 Å². The van der Waals surface area contributed by atoms with Crippen LogP contribution < -0.4 is 5.56 Å². The van der Waals surface area contributed by atoms with Crippen molar-refractivity contribution in [3.63, 3.8) is 0 Å². The van der Waals surface area contributed by atoms with Gasteiger partial charge in [-0.2, -0.15) is 0 Å². The Labute approximate surface area is 99.9 Å². The molecule has 1 aromatic heterocycles. The van der Waals surface area contributed by atoms with Crippen molar-refractivity contribution in [1.29, 1.82) is 0 Å². The molecule has 4 heteroatoms. The molecule has 1 aromatic rings. The highest BCUT2D eigenvalue weighted by molar-refractivity contribution is 5.87. The zero-order valence-electron chi connectivity index (χ0n) is 9.93. The number of aromatic nitrogens is 1. The number of carboxylic acids is 1. The fraction of sp³-hybridized carbons (Fsp3) is 0.538. The molecule has 1 heterocycles. The summed E-state index contributed by atoms with van der Waals surface area (Å²) in [5.74, 6) is -0.378. The molecule has 0 spiro atoms. The predicted molar refractivity (Wildman–Crippen MR) is 64.3 cm³/mol. The Kier molecular flexibility index (Phi) is 3.31. The van der Waals surface area contributed by atoms with Gasteiger partial charge in [0.2, 0.25) is 0 Å². The van der Waals surface area contributed by atoms with Gasteiger partial charge >= 0.3 is 5.97 Å². The maximum atomic E-state index is 11.8. The molecule has 1 fully saturated rings. The van der Waals surface area contributed by atoms with E-state index in [1.807, 2.05) is 0 Å². The average Bonchev–Trinajstić information content (AvgIpc) is 2.29. The first kappa shape index (κ1) is 11.9. The van der Waals surface area contributed by atoms with Gasteiger partial charge in [0.1, 0.15) is 0 Å². The third kappa shape index (κ3) is 2.57. The Balaban J connectivity index is 2.33. The van der Waals surface area contributed by atoms with Crippen molar-refractivity contribution in [3.8, 4) is 0 Å². The second kappa shape index (κ2) is 4.73. The molecule has 17 heavy (non-hydrogen) atoms. The summed E-state index contributed by atoms with van der Waals surface area (Å²) in [5, 5.41) is 8.94. The molecule has 2 atom stereocenters. The van der Waals surface area contributed by atoms with Crippen LogP contribution in [0.1, 0.15) is 49.0 Å². The van der Waals surface area contributed by atoms with E-state index < -0.39 is 5.97 Å². The smallest absolute Gasteiger partial charge is 0.337 e. The number of pyridine rings is 1. The molecule has 0 radical (unpaired) electrons. The number of carbonyl (C=O) groups is 1. The topological polar surface area (TPSA) is 59.3 Å². The van der Waals surface area contributed by atoms with Gasteiger partial charge < -0.3 is 9.67 Å². The molecule has 0 unspecified atom stereocenters. The van der Waals surface area contributed by atoms with Crippen LogP contribution in [0.25, 0.3) is 0 Å². The zero-order valence-corrected chi connectivity index (χ0v) is 9.93. The van der Waals surface area contributed by atoms with E-state index in [0.717, 1.165) is 19.3 Å². The summed E-state index contributed by atoms with van der Waals surface area (Å²) in [7, 11) is 0. The maximum absolute atomic E-state index is 11.8. The van der Waals surface area contributed by atoms with Crippen LogP contribution >= 0.6 is 0 Å². The predicted octanol–water partition coefficient (Wildman–Crippen LogP) is 2.30. The summed E-state index contributed by atoms with van der Waals surface area (Å²) in [6, 6.07) is 2.88. The second-order valence-corrected chi connectivity index (χ2v) is 4.89. The Morgan fingerprint density at radius 2 is 2.18 bits per heavy atom. The summed E-state index contributed by atoms with van der Waals surface area (Å²) in [6.07, 6.45) is 5.71. The highest BCUT2D eigenvalue weighted by Gasteiger charge is 2.21. The Hall–Kier alpha value is -1.58. The highest BCUT2D eigenvalue weighted by Crippen LogP contribution is 2.31. The van der Waals surface area contributed by atoms with E-state index in [2.05, 4.69) is 6.92 Å². The molecule has 1 aliphatic rings. The summed E-state index contributed by atoms with van der Waals surface area (Å²) in [5.41, 5.74) is 0.0805. The summed E-state index contributed by atoms with van der Waals surface area (Å²) in [6.45, 7) is 2.18. The Bertz CT molecular complexity index is 478. The van der Waals surface area contributed by atoms with Gasteiger partial charge in [-0.25, -0.2) is 4.79 Å².